The molecule has 0 aliphatic heterocycles. The van der Waals surface area contributed by atoms with E-state index in [0.717, 1.165) is 11.3 Å². The van der Waals surface area contributed by atoms with Gasteiger partial charge in [-0.25, -0.2) is 5.43 Å². The Kier molecular flexibility index (Phi) is 3.33. The van der Waals surface area contributed by atoms with Gasteiger partial charge >= 0.3 is 0 Å². The Labute approximate surface area is 117 Å². The summed E-state index contributed by atoms with van der Waals surface area (Å²) in [5, 5.41) is 10.8. The summed E-state index contributed by atoms with van der Waals surface area (Å²) in [4.78, 5) is 11.8. The van der Waals surface area contributed by atoms with Gasteiger partial charge in [0.05, 0.1) is 6.21 Å². The molecule has 1 fully saturated rings. The van der Waals surface area contributed by atoms with Gasteiger partial charge in [-0.3, -0.25) is 9.89 Å². The zero-order valence-electron chi connectivity index (χ0n) is 11.3. The Morgan fingerprint density at radius 1 is 1.40 bits per heavy atom. The Balaban J connectivity index is 1.59. The van der Waals surface area contributed by atoms with E-state index < -0.39 is 0 Å². The van der Waals surface area contributed by atoms with E-state index in [4.69, 9.17) is 0 Å². The van der Waals surface area contributed by atoms with Crippen LogP contribution in [0.25, 0.3) is 0 Å². The molecule has 0 bridgehead atoms. The quantitative estimate of drug-likeness (QED) is 0.660. The topological polar surface area (TPSA) is 70.1 Å². The number of benzene rings is 1. The monoisotopic (exact) mass is 268 g/mol. The number of aryl methyl sites for hydroxylation is 1. The third kappa shape index (κ3) is 2.93. The molecule has 2 aromatic rings. The van der Waals surface area contributed by atoms with Crippen molar-refractivity contribution in [2.45, 2.75) is 25.7 Å². The van der Waals surface area contributed by atoms with E-state index in [9.17, 15) is 4.79 Å². The number of nitrogens with zero attached hydrogens (tertiary/aromatic N) is 2. The molecule has 0 saturated heterocycles. The predicted molar refractivity (Wildman–Crippen MR) is 76.8 cm³/mol. The van der Waals surface area contributed by atoms with Gasteiger partial charge in [0.2, 0.25) is 0 Å². The largest absolute Gasteiger partial charge is 0.291 e. The lowest BCUT2D eigenvalue weighted by molar-refractivity contribution is 0.0950. The van der Waals surface area contributed by atoms with Crippen LogP contribution in [-0.4, -0.2) is 22.3 Å². The summed E-state index contributed by atoms with van der Waals surface area (Å²) >= 11 is 0. The summed E-state index contributed by atoms with van der Waals surface area (Å²) in [6.45, 7) is 2.03. The number of amides is 1. The van der Waals surface area contributed by atoms with Crippen molar-refractivity contribution in [2.24, 2.45) is 5.10 Å². The minimum Gasteiger partial charge on any atom is -0.281 e. The van der Waals surface area contributed by atoms with Crippen molar-refractivity contribution >= 4 is 12.1 Å². The number of nitrogens with one attached hydrogen (secondary N) is 2. The van der Waals surface area contributed by atoms with Gasteiger partial charge in [0, 0.05) is 11.6 Å². The minimum absolute atomic E-state index is 0.295. The summed E-state index contributed by atoms with van der Waals surface area (Å²) < 4.78 is 0. The zero-order valence-corrected chi connectivity index (χ0v) is 11.3. The molecular formula is C15H16N4O. The van der Waals surface area contributed by atoms with Gasteiger partial charge in [0.1, 0.15) is 0 Å². The van der Waals surface area contributed by atoms with E-state index in [1.807, 2.05) is 31.2 Å². The first-order valence-corrected chi connectivity index (χ1v) is 6.68. The van der Waals surface area contributed by atoms with Crippen LogP contribution < -0.4 is 5.43 Å². The Morgan fingerprint density at radius 2 is 2.15 bits per heavy atom. The fraction of sp³-hybridized carbons (Fsp3) is 0.267. The van der Waals surface area contributed by atoms with Crippen LogP contribution in [0.15, 0.2) is 35.4 Å². The van der Waals surface area contributed by atoms with Crippen molar-refractivity contribution in [3.8, 4) is 0 Å². The Morgan fingerprint density at radius 3 is 2.85 bits per heavy atom. The van der Waals surface area contributed by atoms with Crippen molar-refractivity contribution in [1.82, 2.24) is 15.6 Å². The number of carbonyl (C=O) groups excluding carboxylic acids is 1. The van der Waals surface area contributed by atoms with Crippen molar-refractivity contribution in [1.29, 1.82) is 0 Å². The zero-order chi connectivity index (χ0) is 13.9. The molecule has 2 N–H and O–H groups in total. The van der Waals surface area contributed by atoms with Crippen molar-refractivity contribution in [3.05, 3.63) is 52.8 Å². The molecule has 0 radical (unpaired) electrons. The lowest BCUT2D eigenvalue weighted by atomic mass is 10.2. The van der Waals surface area contributed by atoms with Gasteiger partial charge in [-0.2, -0.15) is 10.2 Å². The van der Waals surface area contributed by atoms with Gasteiger partial charge in [0.15, 0.2) is 5.69 Å². The van der Waals surface area contributed by atoms with Crippen LogP contribution in [0, 0.1) is 6.92 Å². The summed E-state index contributed by atoms with van der Waals surface area (Å²) in [5.74, 6) is 0.261. The highest BCUT2D eigenvalue weighted by Crippen LogP contribution is 2.38. The van der Waals surface area contributed by atoms with Crippen LogP contribution in [-0.2, 0) is 0 Å². The lowest BCUT2D eigenvalue weighted by Gasteiger charge is -1.96. The van der Waals surface area contributed by atoms with Gasteiger partial charge < -0.3 is 0 Å². The van der Waals surface area contributed by atoms with Crippen LogP contribution in [0.1, 0.15) is 46.1 Å². The standard InChI is InChI=1S/C15H16N4O/c1-10-2-4-11(5-3-10)9-16-19-15(20)14-8-13(17-18-14)12-6-7-12/h2-5,8-9,12H,6-7H2,1H3,(H,17,18)(H,19,20)/b16-9-. The molecule has 0 atom stereocenters. The highest BCUT2D eigenvalue weighted by molar-refractivity contribution is 5.93. The molecule has 0 unspecified atom stereocenters. The molecule has 20 heavy (non-hydrogen) atoms. The second-order valence-electron chi connectivity index (χ2n) is 5.09. The molecule has 3 rings (SSSR count). The van der Waals surface area contributed by atoms with E-state index in [0.29, 0.717) is 11.6 Å². The molecule has 1 aliphatic rings. The molecule has 1 heterocycles. The third-order valence-electron chi connectivity index (χ3n) is 3.30. The Hall–Kier alpha value is -2.43. The van der Waals surface area contributed by atoms with E-state index >= 15 is 0 Å². The number of hydrazone groups is 1. The second kappa shape index (κ2) is 5.28. The summed E-state index contributed by atoms with van der Waals surface area (Å²) in [7, 11) is 0. The molecule has 1 amide bonds. The van der Waals surface area contributed by atoms with E-state index in [-0.39, 0.29) is 5.91 Å². The van der Waals surface area contributed by atoms with Gasteiger partial charge in [0.25, 0.3) is 5.91 Å². The third-order valence-corrected chi connectivity index (χ3v) is 3.30. The van der Waals surface area contributed by atoms with Crippen LogP contribution in [0.2, 0.25) is 0 Å². The molecule has 1 saturated carbocycles. The fourth-order valence-corrected chi connectivity index (χ4v) is 1.93. The maximum absolute atomic E-state index is 11.8. The number of rotatable bonds is 4. The summed E-state index contributed by atoms with van der Waals surface area (Å²) in [6.07, 6.45) is 3.97. The first-order chi connectivity index (χ1) is 9.72. The van der Waals surface area contributed by atoms with Gasteiger partial charge in [-0.1, -0.05) is 29.8 Å². The van der Waals surface area contributed by atoms with E-state index in [1.54, 1.807) is 12.3 Å². The Bertz CT molecular complexity index is 638. The fourth-order valence-electron chi connectivity index (χ4n) is 1.93. The lowest BCUT2D eigenvalue weighted by Crippen LogP contribution is -2.18. The molecule has 1 aliphatic carbocycles. The number of carbonyl (C=O) groups is 1. The number of hydrogen-bond acceptors (Lipinski definition) is 3. The first kappa shape index (κ1) is 12.6. The number of aromatic amines is 1. The minimum atomic E-state index is -0.295. The molecule has 5 heteroatoms. The van der Waals surface area contributed by atoms with Crippen molar-refractivity contribution < 1.29 is 4.79 Å². The highest BCUT2D eigenvalue weighted by Gasteiger charge is 2.26. The second-order valence-corrected chi connectivity index (χ2v) is 5.09. The number of aromatic nitrogens is 2. The van der Waals surface area contributed by atoms with Gasteiger partial charge in [-0.15, -0.1) is 0 Å². The molecular weight excluding hydrogens is 252 g/mol. The van der Waals surface area contributed by atoms with Crippen LogP contribution in [0.4, 0.5) is 0 Å². The molecule has 0 spiro atoms. The molecule has 5 nitrogen and oxygen atoms in total. The normalized spacial score (nSPS) is 14.7. The van der Waals surface area contributed by atoms with Gasteiger partial charge in [-0.05, 0) is 31.4 Å². The highest BCUT2D eigenvalue weighted by atomic mass is 16.2. The average molecular weight is 268 g/mol. The number of H-pyrrole nitrogens is 1. The summed E-state index contributed by atoms with van der Waals surface area (Å²) in [5.41, 5.74) is 6.04. The molecule has 102 valence electrons. The van der Waals surface area contributed by atoms with Crippen LogP contribution in [0.3, 0.4) is 0 Å². The van der Waals surface area contributed by atoms with Crippen LogP contribution >= 0.6 is 0 Å². The average Bonchev–Trinajstić information content (AvgIpc) is 3.18. The predicted octanol–water partition coefficient (Wildman–Crippen LogP) is 2.36. The maximum Gasteiger partial charge on any atom is 0.291 e. The van der Waals surface area contributed by atoms with Crippen molar-refractivity contribution in [2.75, 3.05) is 0 Å². The molecule has 1 aromatic carbocycles. The van der Waals surface area contributed by atoms with Crippen molar-refractivity contribution in [3.63, 3.8) is 0 Å². The van der Waals surface area contributed by atoms with E-state index in [1.165, 1.54) is 18.4 Å². The maximum atomic E-state index is 11.8. The smallest absolute Gasteiger partial charge is 0.281 e. The molecule has 1 aromatic heterocycles. The first-order valence-electron chi connectivity index (χ1n) is 6.68. The number of hydrogen-bond donors (Lipinski definition) is 2. The van der Waals surface area contributed by atoms with E-state index in [2.05, 4.69) is 20.7 Å². The van der Waals surface area contributed by atoms with Crippen LogP contribution in [0.5, 0.6) is 0 Å². The summed E-state index contributed by atoms with van der Waals surface area (Å²) in [6, 6.07) is 9.70. The SMILES string of the molecule is Cc1ccc(/C=N\NC(=O)c2cc(C3CC3)[nH]n2)cc1.